The maximum Gasteiger partial charge on any atom is 0.103 e. The van der Waals surface area contributed by atoms with Gasteiger partial charge in [0.15, 0.2) is 0 Å². The fraction of sp³-hybridized carbons (Fsp3) is 0. The summed E-state index contributed by atoms with van der Waals surface area (Å²) in [6.45, 7) is 0. The van der Waals surface area contributed by atoms with Crippen LogP contribution >= 0.6 is 45.2 Å². The summed E-state index contributed by atoms with van der Waals surface area (Å²) < 4.78 is 2.30. The summed E-state index contributed by atoms with van der Waals surface area (Å²) in [4.78, 5) is 8.53. The fourth-order valence-corrected chi connectivity index (χ4v) is 2.14. The van der Waals surface area contributed by atoms with E-state index in [1.165, 1.54) is 0 Å². The van der Waals surface area contributed by atoms with E-state index in [1.807, 2.05) is 0 Å². The molecule has 0 aliphatic carbocycles. The van der Waals surface area contributed by atoms with Crippen LogP contribution in [0.15, 0.2) is 24.5 Å². The largest absolute Gasteiger partial charge is 0.252 e. The normalized spacial score (nSPS) is 10.5. The van der Waals surface area contributed by atoms with Gasteiger partial charge in [-0.1, -0.05) is 0 Å². The molecule has 1 aromatic carbocycles. The van der Waals surface area contributed by atoms with E-state index in [4.69, 9.17) is 0 Å². The molecule has 0 atom stereocenters. The number of rotatable bonds is 0. The third-order valence-electron chi connectivity index (χ3n) is 1.53. The van der Waals surface area contributed by atoms with E-state index in [9.17, 15) is 0 Å². The minimum Gasteiger partial charge on any atom is -0.252 e. The molecule has 2 aromatic rings. The Hall–Kier alpha value is 0.0200. The van der Waals surface area contributed by atoms with Gasteiger partial charge in [0.05, 0.1) is 0 Å². The van der Waals surface area contributed by atoms with Crippen molar-refractivity contribution in [3.63, 3.8) is 0 Å². The summed E-state index contributed by atoms with van der Waals surface area (Å²) in [5, 5.41) is 0. The summed E-state index contributed by atoms with van der Waals surface area (Å²) in [5.41, 5.74) is 1.98. The fourth-order valence-electron chi connectivity index (χ4n) is 0.992. The topological polar surface area (TPSA) is 25.8 Å². The number of fused-ring (bicyclic) bond motifs is 1. The molecule has 0 unspecified atom stereocenters. The highest BCUT2D eigenvalue weighted by atomic mass is 127. The zero-order chi connectivity index (χ0) is 8.55. The Morgan fingerprint density at radius 3 is 1.67 bits per heavy atom. The van der Waals surface area contributed by atoms with Crippen molar-refractivity contribution in [1.82, 2.24) is 9.97 Å². The molecule has 0 fully saturated rings. The predicted molar refractivity (Wildman–Crippen MR) is 65.0 cm³/mol. The van der Waals surface area contributed by atoms with Gasteiger partial charge in [0.1, 0.15) is 11.0 Å². The van der Waals surface area contributed by atoms with Crippen LogP contribution in [0.25, 0.3) is 11.0 Å². The quantitative estimate of drug-likeness (QED) is 0.656. The smallest absolute Gasteiger partial charge is 0.103 e. The molecule has 0 aliphatic heterocycles. The molecule has 0 spiro atoms. The Bertz CT molecular complexity index is 388. The Kier molecular flexibility index (Phi) is 2.44. The Morgan fingerprint density at radius 2 is 1.25 bits per heavy atom. The first-order valence-electron chi connectivity index (χ1n) is 3.34. The first-order valence-corrected chi connectivity index (χ1v) is 5.49. The van der Waals surface area contributed by atoms with Crippen molar-refractivity contribution in [3.8, 4) is 0 Å². The van der Waals surface area contributed by atoms with Crippen LogP contribution in [-0.2, 0) is 0 Å². The van der Waals surface area contributed by atoms with Crippen LogP contribution < -0.4 is 0 Å². The van der Waals surface area contributed by atoms with Gasteiger partial charge in [-0.05, 0) is 57.3 Å². The van der Waals surface area contributed by atoms with Crippen molar-refractivity contribution in [3.05, 3.63) is 31.7 Å². The van der Waals surface area contributed by atoms with E-state index >= 15 is 0 Å². The average molecular weight is 382 g/mol. The predicted octanol–water partition coefficient (Wildman–Crippen LogP) is 2.84. The molecule has 0 amide bonds. The van der Waals surface area contributed by atoms with Crippen LogP contribution in [0, 0.1) is 7.14 Å². The van der Waals surface area contributed by atoms with Crippen LogP contribution in [-0.4, -0.2) is 9.97 Å². The highest BCUT2D eigenvalue weighted by Crippen LogP contribution is 2.20. The van der Waals surface area contributed by atoms with E-state index < -0.39 is 0 Å². The van der Waals surface area contributed by atoms with E-state index in [0.717, 1.165) is 18.2 Å². The lowest BCUT2D eigenvalue weighted by Crippen LogP contribution is -1.87. The summed E-state index contributed by atoms with van der Waals surface area (Å²) in [6.07, 6.45) is 3.45. The van der Waals surface area contributed by atoms with Crippen LogP contribution in [0.3, 0.4) is 0 Å². The molecular formula is C8H4I2N2. The molecule has 0 aliphatic rings. The summed E-state index contributed by atoms with van der Waals surface area (Å²) >= 11 is 4.54. The standard InChI is InChI=1S/C8H4I2N2/c9-5-1-2-6(10)8-7(5)11-3-4-12-8/h1-4H. The maximum atomic E-state index is 4.27. The Labute approximate surface area is 97.1 Å². The van der Waals surface area contributed by atoms with Crippen molar-refractivity contribution in [2.24, 2.45) is 0 Å². The molecule has 1 heterocycles. The number of halogens is 2. The molecule has 0 bridgehead atoms. The van der Waals surface area contributed by atoms with Crippen LogP contribution in [0.4, 0.5) is 0 Å². The Morgan fingerprint density at radius 1 is 0.833 bits per heavy atom. The molecule has 0 radical (unpaired) electrons. The zero-order valence-corrected chi connectivity index (χ0v) is 10.3. The van der Waals surface area contributed by atoms with Gasteiger partial charge in [0.2, 0.25) is 0 Å². The minimum atomic E-state index is 0.991. The molecule has 0 saturated carbocycles. The highest BCUT2D eigenvalue weighted by Gasteiger charge is 2.02. The Balaban J connectivity index is 2.95. The van der Waals surface area contributed by atoms with Gasteiger partial charge >= 0.3 is 0 Å². The van der Waals surface area contributed by atoms with Crippen LogP contribution in [0.2, 0.25) is 0 Å². The second-order valence-corrected chi connectivity index (χ2v) is 4.61. The molecule has 0 N–H and O–H groups in total. The van der Waals surface area contributed by atoms with Crippen LogP contribution in [0.5, 0.6) is 0 Å². The number of nitrogens with zero attached hydrogens (tertiary/aromatic N) is 2. The van der Waals surface area contributed by atoms with Crippen molar-refractivity contribution in [2.75, 3.05) is 0 Å². The van der Waals surface area contributed by atoms with E-state index in [-0.39, 0.29) is 0 Å². The zero-order valence-electron chi connectivity index (χ0n) is 5.96. The average Bonchev–Trinajstić information content (AvgIpc) is 2.12. The first kappa shape index (κ1) is 8.61. The van der Waals surface area contributed by atoms with Gasteiger partial charge in [-0.15, -0.1) is 0 Å². The van der Waals surface area contributed by atoms with Crippen molar-refractivity contribution >= 4 is 56.2 Å². The van der Waals surface area contributed by atoms with E-state index in [2.05, 4.69) is 67.3 Å². The number of hydrogen-bond donors (Lipinski definition) is 0. The van der Waals surface area contributed by atoms with Gasteiger partial charge < -0.3 is 0 Å². The number of benzene rings is 1. The van der Waals surface area contributed by atoms with Crippen molar-refractivity contribution in [2.45, 2.75) is 0 Å². The summed E-state index contributed by atoms with van der Waals surface area (Å²) in [5.74, 6) is 0. The summed E-state index contributed by atoms with van der Waals surface area (Å²) in [6, 6.07) is 4.11. The molecule has 2 nitrogen and oxygen atoms in total. The third-order valence-corrected chi connectivity index (χ3v) is 3.27. The highest BCUT2D eigenvalue weighted by molar-refractivity contribution is 14.1. The lowest BCUT2D eigenvalue weighted by Gasteiger charge is -1.99. The minimum absolute atomic E-state index is 0.991. The van der Waals surface area contributed by atoms with Gasteiger partial charge in [0.25, 0.3) is 0 Å². The second kappa shape index (κ2) is 3.41. The van der Waals surface area contributed by atoms with Crippen molar-refractivity contribution < 1.29 is 0 Å². The molecule has 12 heavy (non-hydrogen) atoms. The molecular weight excluding hydrogens is 378 g/mol. The van der Waals surface area contributed by atoms with Crippen LogP contribution in [0.1, 0.15) is 0 Å². The molecule has 2 rings (SSSR count). The van der Waals surface area contributed by atoms with Crippen molar-refractivity contribution in [1.29, 1.82) is 0 Å². The molecule has 60 valence electrons. The maximum absolute atomic E-state index is 4.27. The number of aromatic nitrogens is 2. The number of hydrogen-bond acceptors (Lipinski definition) is 2. The second-order valence-electron chi connectivity index (χ2n) is 2.28. The van der Waals surface area contributed by atoms with Gasteiger partial charge in [-0.2, -0.15) is 0 Å². The molecule has 0 saturated heterocycles. The molecule has 4 heteroatoms. The van der Waals surface area contributed by atoms with Gasteiger partial charge in [-0.25, -0.2) is 0 Å². The SMILES string of the molecule is Ic1ccc(I)c2nccnc12. The van der Waals surface area contributed by atoms with E-state index in [0.29, 0.717) is 0 Å². The lowest BCUT2D eigenvalue weighted by molar-refractivity contribution is 1.28. The third kappa shape index (κ3) is 1.41. The molecule has 1 aromatic heterocycles. The van der Waals surface area contributed by atoms with E-state index in [1.54, 1.807) is 12.4 Å². The lowest BCUT2D eigenvalue weighted by atomic mass is 10.3. The summed E-state index contributed by atoms with van der Waals surface area (Å²) in [7, 11) is 0. The first-order chi connectivity index (χ1) is 5.79. The van der Waals surface area contributed by atoms with Gasteiger partial charge in [-0.3, -0.25) is 9.97 Å². The van der Waals surface area contributed by atoms with Gasteiger partial charge in [0, 0.05) is 19.5 Å². The monoisotopic (exact) mass is 382 g/mol.